The maximum absolute atomic E-state index is 13.4. The molecule has 0 aliphatic rings. The molecule has 1 N–H and O–H groups in total. The molecule has 5 aromatic rings. The first-order chi connectivity index (χ1) is 17.0. The van der Waals surface area contributed by atoms with Gasteiger partial charge in [-0.2, -0.15) is 0 Å². The van der Waals surface area contributed by atoms with Gasteiger partial charge in [0.05, 0.1) is 25.3 Å². The van der Waals surface area contributed by atoms with E-state index in [-0.39, 0.29) is 18.1 Å². The molecule has 0 unspecified atom stereocenters. The first kappa shape index (κ1) is 22.1. The summed E-state index contributed by atoms with van der Waals surface area (Å²) in [5.41, 5.74) is 3.56. The SMILES string of the molecule is COc1ccc(NC(=O)Cn2c(=O)c3nnc(-c4ccc(C)cc4)n3c3ccccc32)cc1OC. The Morgan fingerprint density at radius 2 is 1.63 bits per heavy atom. The van der Waals surface area contributed by atoms with E-state index in [1.165, 1.54) is 11.7 Å². The van der Waals surface area contributed by atoms with Crippen LogP contribution in [-0.4, -0.2) is 39.3 Å². The summed E-state index contributed by atoms with van der Waals surface area (Å²) in [7, 11) is 3.06. The van der Waals surface area contributed by atoms with Crippen LogP contribution in [0.2, 0.25) is 0 Å². The van der Waals surface area contributed by atoms with Crippen molar-refractivity contribution in [3.63, 3.8) is 0 Å². The van der Waals surface area contributed by atoms with Crippen molar-refractivity contribution in [1.82, 2.24) is 19.2 Å². The summed E-state index contributed by atoms with van der Waals surface area (Å²) in [6.07, 6.45) is 0. The molecular formula is C26H23N5O4. The third-order valence-electron chi connectivity index (χ3n) is 5.79. The van der Waals surface area contributed by atoms with Gasteiger partial charge < -0.3 is 14.8 Å². The number of methoxy groups -OCH3 is 2. The number of nitrogens with zero attached hydrogens (tertiary/aromatic N) is 4. The van der Waals surface area contributed by atoms with Crippen LogP contribution in [0.4, 0.5) is 5.69 Å². The van der Waals surface area contributed by atoms with E-state index in [2.05, 4.69) is 15.5 Å². The Labute approximate surface area is 200 Å². The van der Waals surface area contributed by atoms with Gasteiger partial charge in [-0.3, -0.25) is 18.6 Å². The van der Waals surface area contributed by atoms with Crippen LogP contribution in [0, 0.1) is 6.92 Å². The highest BCUT2D eigenvalue weighted by Crippen LogP contribution is 2.30. The zero-order chi connectivity index (χ0) is 24.5. The average Bonchev–Trinajstić information content (AvgIpc) is 3.32. The Kier molecular flexibility index (Phi) is 5.66. The van der Waals surface area contributed by atoms with E-state index >= 15 is 0 Å². The highest BCUT2D eigenvalue weighted by atomic mass is 16.5. The Balaban J connectivity index is 1.56. The van der Waals surface area contributed by atoms with Crippen molar-refractivity contribution in [2.24, 2.45) is 0 Å². The van der Waals surface area contributed by atoms with Gasteiger partial charge in [0.15, 0.2) is 17.3 Å². The van der Waals surface area contributed by atoms with Crippen molar-refractivity contribution >= 4 is 28.3 Å². The van der Waals surface area contributed by atoms with E-state index in [1.54, 1.807) is 35.8 Å². The monoisotopic (exact) mass is 469 g/mol. The van der Waals surface area contributed by atoms with Crippen LogP contribution in [0.3, 0.4) is 0 Å². The number of aromatic nitrogens is 4. The van der Waals surface area contributed by atoms with Crippen LogP contribution in [0.15, 0.2) is 71.5 Å². The van der Waals surface area contributed by atoms with Crippen LogP contribution in [0.25, 0.3) is 28.1 Å². The van der Waals surface area contributed by atoms with Gasteiger partial charge in [0, 0.05) is 17.3 Å². The fourth-order valence-electron chi connectivity index (χ4n) is 4.07. The molecule has 0 radical (unpaired) electrons. The molecule has 35 heavy (non-hydrogen) atoms. The predicted octanol–water partition coefficient (Wildman–Crippen LogP) is 3.68. The van der Waals surface area contributed by atoms with Crippen LogP contribution in [0.5, 0.6) is 11.5 Å². The molecule has 5 rings (SSSR count). The number of carbonyl (C=O) groups is 1. The van der Waals surface area contributed by atoms with Gasteiger partial charge in [-0.05, 0) is 31.2 Å². The molecule has 0 saturated heterocycles. The van der Waals surface area contributed by atoms with Crippen LogP contribution >= 0.6 is 0 Å². The first-order valence-electron chi connectivity index (χ1n) is 11.0. The molecule has 0 aliphatic heterocycles. The van der Waals surface area contributed by atoms with E-state index in [4.69, 9.17) is 9.47 Å². The zero-order valence-corrected chi connectivity index (χ0v) is 19.5. The lowest BCUT2D eigenvalue weighted by molar-refractivity contribution is -0.116. The molecule has 176 valence electrons. The second kappa shape index (κ2) is 8.94. The average molecular weight is 470 g/mol. The van der Waals surface area contributed by atoms with E-state index in [0.717, 1.165) is 16.6 Å². The zero-order valence-electron chi connectivity index (χ0n) is 19.5. The highest BCUT2D eigenvalue weighted by molar-refractivity contribution is 5.92. The van der Waals surface area contributed by atoms with Crippen molar-refractivity contribution in [3.8, 4) is 22.9 Å². The quantitative estimate of drug-likeness (QED) is 0.407. The first-order valence-corrected chi connectivity index (χ1v) is 11.0. The normalized spacial score (nSPS) is 11.1. The number of fused-ring (bicyclic) bond motifs is 3. The molecule has 9 heteroatoms. The number of rotatable bonds is 6. The molecule has 0 spiro atoms. The number of aryl methyl sites for hydroxylation is 1. The summed E-state index contributed by atoms with van der Waals surface area (Å²) in [6, 6.07) is 20.3. The molecule has 1 amide bonds. The molecular weight excluding hydrogens is 446 g/mol. The molecule has 0 atom stereocenters. The number of para-hydroxylation sites is 2. The van der Waals surface area contributed by atoms with Gasteiger partial charge in [0.1, 0.15) is 6.54 Å². The molecule has 0 aliphatic carbocycles. The maximum Gasteiger partial charge on any atom is 0.297 e. The molecule has 0 saturated carbocycles. The molecule has 0 bridgehead atoms. The Bertz CT molecular complexity index is 1620. The molecule has 0 fully saturated rings. The summed E-state index contributed by atoms with van der Waals surface area (Å²) in [5.74, 6) is 1.23. The van der Waals surface area contributed by atoms with E-state index in [9.17, 15) is 9.59 Å². The largest absolute Gasteiger partial charge is 0.493 e. The van der Waals surface area contributed by atoms with Crippen molar-refractivity contribution in [1.29, 1.82) is 0 Å². The number of carbonyl (C=O) groups excluding carboxylic acids is 1. The smallest absolute Gasteiger partial charge is 0.297 e. The van der Waals surface area contributed by atoms with E-state index < -0.39 is 5.56 Å². The molecule has 3 aromatic carbocycles. The lowest BCUT2D eigenvalue weighted by atomic mass is 10.1. The molecule has 2 heterocycles. The summed E-state index contributed by atoms with van der Waals surface area (Å²) in [4.78, 5) is 26.4. The Hall–Kier alpha value is -4.66. The lowest BCUT2D eigenvalue weighted by Gasteiger charge is -2.14. The van der Waals surface area contributed by atoms with Gasteiger partial charge in [0.2, 0.25) is 11.6 Å². The second-order valence-electron chi connectivity index (χ2n) is 8.05. The van der Waals surface area contributed by atoms with Crippen LogP contribution < -0.4 is 20.3 Å². The number of hydrogen-bond acceptors (Lipinski definition) is 6. The number of anilines is 1. The summed E-state index contributed by atoms with van der Waals surface area (Å²) >= 11 is 0. The minimum absolute atomic E-state index is 0.151. The van der Waals surface area contributed by atoms with Gasteiger partial charge in [-0.1, -0.05) is 42.0 Å². The summed E-state index contributed by atoms with van der Waals surface area (Å²) in [5, 5.41) is 11.3. The summed E-state index contributed by atoms with van der Waals surface area (Å²) < 4.78 is 13.7. The van der Waals surface area contributed by atoms with E-state index in [0.29, 0.717) is 28.5 Å². The Morgan fingerprint density at radius 1 is 0.914 bits per heavy atom. The van der Waals surface area contributed by atoms with Crippen molar-refractivity contribution < 1.29 is 14.3 Å². The molecule has 9 nitrogen and oxygen atoms in total. The van der Waals surface area contributed by atoms with Gasteiger partial charge in [0.25, 0.3) is 5.56 Å². The topological polar surface area (TPSA) is 99.8 Å². The third-order valence-corrected chi connectivity index (χ3v) is 5.79. The van der Waals surface area contributed by atoms with Crippen LogP contribution in [-0.2, 0) is 11.3 Å². The van der Waals surface area contributed by atoms with Crippen molar-refractivity contribution in [3.05, 3.63) is 82.6 Å². The van der Waals surface area contributed by atoms with E-state index in [1.807, 2.05) is 49.4 Å². The van der Waals surface area contributed by atoms with Crippen molar-refractivity contribution in [2.45, 2.75) is 13.5 Å². The minimum atomic E-state index is -0.406. The van der Waals surface area contributed by atoms with Crippen molar-refractivity contribution in [2.75, 3.05) is 19.5 Å². The fourth-order valence-corrected chi connectivity index (χ4v) is 4.07. The number of hydrogen-bond donors (Lipinski definition) is 1. The number of nitrogens with one attached hydrogen (secondary N) is 1. The predicted molar refractivity (Wildman–Crippen MR) is 133 cm³/mol. The number of amides is 1. The molecule has 2 aromatic heterocycles. The lowest BCUT2D eigenvalue weighted by Crippen LogP contribution is -2.29. The minimum Gasteiger partial charge on any atom is -0.493 e. The fraction of sp³-hybridized carbons (Fsp3) is 0.154. The van der Waals surface area contributed by atoms with Gasteiger partial charge in [-0.25, -0.2) is 0 Å². The maximum atomic E-state index is 13.4. The summed E-state index contributed by atoms with van der Waals surface area (Å²) in [6.45, 7) is 1.81. The number of benzene rings is 3. The van der Waals surface area contributed by atoms with Gasteiger partial charge >= 0.3 is 0 Å². The second-order valence-corrected chi connectivity index (χ2v) is 8.05. The van der Waals surface area contributed by atoms with Crippen LogP contribution in [0.1, 0.15) is 5.56 Å². The standard InChI is InChI=1S/C26H23N5O4/c1-16-8-10-17(11-9-16)24-28-29-25-26(33)30(19-6-4-5-7-20(19)31(24)25)15-23(32)27-18-12-13-21(34-2)22(14-18)35-3/h4-14H,15H2,1-3H3,(H,27,32). The number of ether oxygens (including phenoxy) is 2. The third kappa shape index (κ3) is 3.97. The van der Waals surface area contributed by atoms with Gasteiger partial charge in [-0.15, -0.1) is 10.2 Å². The Morgan fingerprint density at radius 3 is 2.34 bits per heavy atom. The highest BCUT2D eigenvalue weighted by Gasteiger charge is 2.19.